The largest absolute Gasteiger partial charge is 0.505 e. The van der Waals surface area contributed by atoms with Gasteiger partial charge in [0.25, 0.3) is 0 Å². The highest BCUT2D eigenvalue weighted by Gasteiger charge is 2.39. The van der Waals surface area contributed by atoms with Gasteiger partial charge in [0.2, 0.25) is 5.76 Å². The number of rotatable bonds is 5. The van der Waals surface area contributed by atoms with Crippen LogP contribution < -0.4 is 0 Å². The monoisotopic (exact) mass is 306 g/mol. The van der Waals surface area contributed by atoms with Gasteiger partial charge in [-0.15, -0.1) is 0 Å². The Kier molecular flexibility index (Phi) is 4.80. The van der Waals surface area contributed by atoms with E-state index in [-0.39, 0.29) is 0 Å². The normalized spacial score (nSPS) is 19.3. The molecule has 0 spiro atoms. The van der Waals surface area contributed by atoms with Crippen molar-refractivity contribution < 1.29 is 34.4 Å². The van der Waals surface area contributed by atoms with Crippen LogP contribution in [0.4, 0.5) is 0 Å². The second-order valence-electron chi connectivity index (χ2n) is 4.50. The number of aliphatic hydroxyl groups excluding tert-OH is 3. The van der Waals surface area contributed by atoms with Crippen molar-refractivity contribution >= 4 is 18.0 Å². The minimum atomic E-state index is -1.48. The van der Waals surface area contributed by atoms with E-state index in [1.54, 1.807) is 12.1 Å². The number of hydrogen-bond acceptors (Lipinski definition) is 7. The molecular formula is C15H14O7. The highest BCUT2D eigenvalue weighted by Crippen LogP contribution is 2.21. The van der Waals surface area contributed by atoms with Gasteiger partial charge in [0.1, 0.15) is 12.7 Å². The van der Waals surface area contributed by atoms with Crippen LogP contribution in [-0.2, 0) is 19.1 Å². The van der Waals surface area contributed by atoms with Gasteiger partial charge in [-0.1, -0.05) is 30.3 Å². The number of benzene rings is 1. The minimum Gasteiger partial charge on any atom is -0.505 e. The summed E-state index contributed by atoms with van der Waals surface area (Å²) in [6.07, 6.45) is -0.218. The lowest BCUT2D eigenvalue weighted by atomic mass is 10.2. The van der Waals surface area contributed by atoms with Gasteiger partial charge in [-0.25, -0.2) is 9.59 Å². The van der Waals surface area contributed by atoms with E-state index in [1.165, 1.54) is 12.2 Å². The fourth-order valence-corrected chi connectivity index (χ4v) is 1.76. The van der Waals surface area contributed by atoms with E-state index in [0.717, 1.165) is 5.56 Å². The van der Waals surface area contributed by atoms with E-state index >= 15 is 0 Å². The third-order valence-corrected chi connectivity index (χ3v) is 2.90. The quantitative estimate of drug-likeness (QED) is 0.546. The summed E-state index contributed by atoms with van der Waals surface area (Å²) in [6.45, 7) is -0.507. The molecule has 1 aliphatic rings. The van der Waals surface area contributed by atoms with E-state index in [9.17, 15) is 19.8 Å². The summed E-state index contributed by atoms with van der Waals surface area (Å²) >= 11 is 0. The molecule has 22 heavy (non-hydrogen) atoms. The lowest BCUT2D eigenvalue weighted by molar-refractivity contribution is -0.151. The second kappa shape index (κ2) is 6.77. The Labute approximate surface area is 125 Å². The number of ether oxygens (including phenoxy) is 2. The standard InChI is InChI=1S/C15H14O7/c16-10(14-12(18)13(19)15(20)22-14)8-21-11(17)7-6-9-4-2-1-3-5-9/h1-7,10,14,16,18-19H,8H2/b7-6+. The molecule has 1 aromatic carbocycles. The fourth-order valence-electron chi connectivity index (χ4n) is 1.76. The summed E-state index contributed by atoms with van der Waals surface area (Å²) in [4.78, 5) is 22.5. The van der Waals surface area contributed by atoms with Crippen LogP contribution in [0.25, 0.3) is 6.08 Å². The number of carbonyl (C=O) groups excluding carboxylic acids is 2. The summed E-state index contributed by atoms with van der Waals surface area (Å²) < 4.78 is 9.31. The molecule has 0 radical (unpaired) electrons. The van der Waals surface area contributed by atoms with Crippen LogP contribution in [0.5, 0.6) is 0 Å². The van der Waals surface area contributed by atoms with Gasteiger partial charge in [-0.3, -0.25) is 0 Å². The molecule has 3 N–H and O–H groups in total. The van der Waals surface area contributed by atoms with E-state index < -0.39 is 42.3 Å². The van der Waals surface area contributed by atoms with E-state index in [1.807, 2.05) is 18.2 Å². The topological polar surface area (TPSA) is 113 Å². The molecule has 0 amide bonds. The molecule has 2 rings (SSSR count). The highest BCUT2D eigenvalue weighted by atomic mass is 16.6. The molecule has 0 saturated heterocycles. The first-order valence-electron chi connectivity index (χ1n) is 6.40. The van der Waals surface area contributed by atoms with Crippen LogP contribution >= 0.6 is 0 Å². The van der Waals surface area contributed by atoms with Crippen molar-refractivity contribution in [2.45, 2.75) is 12.2 Å². The van der Waals surface area contributed by atoms with Crippen molar-refractivity contribution in [3.8, 4) is 0 Å². The molecule has 0 aliphatic carbocycles. The Bertz CT molecular complexity index is 618. The summed E-state index contributed by atoms with van der Waals surface area (Å²) in [5.41, 5.74) is 0.801. The minimum absolute atomic E-state index is 0.507. The van der Waals surface area contributed by atoms with Gasteiger partial charge in [-0.2, -0.15) is 0 Å². The molecule has 0 saturated carbocycles. The number of aliphatic hydroxyl groups is 3. The fraction of sp³-hybridized carbons (Fsp3) is 0.200. The Hall–Kier alpha value is -2.80. The van der Waals surface area contributed by atoms with E-state index in [0.29, 0.717) is 0 Å². The van der Waals surface area contributed by atoms with Gasteiger partial charge in [-0.05, 0) is 11.6 Å². The molecule has 0 fully saturated rings. The SMILES string of the molecule is O=C(/C=C/c1ccccc1)OCC(O)C1OC(=O)C(O)=C1O. The van der Waals surface area contributed by atoms with Crippen molar-refractivity contribution in [2.75, 3.05) is 6.61 Å². The molecule has 0 aromatic heterocycles. The first kappa shape index (κ1) is 15.6. The van der Waals surface area contributed by atoms with E-state index in [4.69, 9.17) is 9.84 Å². The molecule has 2 unspecified atom stereocenters. The highest BCUT2D eigenvalue weighted by molar-refractivity contribution is 5.89. The Balaban J connectivity index is 1.84. The van der Waals surface area contributed by atoms with Crippen molar-refractivity contribution in [1.29, 1.82) is 0 Å². The number of hydrogen-bond donors (Lipinski definition) is 3. The van der Waals surface area contributed by atoms with Gasteiger partial charge in [0, 0.05) is 6.08 Å². The molecule has 7 heteroatoms. The van der Waals surface area contributed by atoms with Crippen molar-refractivity contribution in [3.63, 3.8) is 0 Å². The summed E-state index contributed by atoms with van der Waals surface area (Å²) in [5, 5.41) is 28.2. The van der Waals surface area contributed by atoms with E-state index in [2.05, 4.69) is 4.74 Å². The molecule has 7 nitrogen and oxygen atoms in total. The van der Waals surface area contributed by atoms with Crippen molar-refractivity contribution in [1.82, 2.24) is 0 Å². The molecular weight excluding hydrogens is 292 g/mol. The Morgan fingerprint density at radius 2 is 2.00 bits per heavy atom. The van der Waals surface area contributed by atoms with Crippen LogP contribution in [0.1, 0.15) is 5.56 Å². The van der Waals surface area contributed by atoms with Crippen LogP contribution in [-0.4, -0.2) is 46.1 Å². The van der Waals surface area contributed by atoms with Crippen molar-refractivity contribution in [3.05, 3.63) is 53.5 Å². The summed E-state index contributed by atoms with van der Waals surface area (Å²) in [5.74, 6) is -3.59. The molecule has 1 aromatic rings. The van der Waals surface area contributed by atoms with Gasteiger partial charge < -0.3 is 24.8 Å². The summed E-state index contributed by atoms with van der Waals surface area (Å²) in [6, 6.07) is 9.05. The summed E-state index contributed by atoms with van der Waals surface area (Å²) in [7, 11) is 0. The average molecular weight is 306 g/mol. The number of cyclic esters (lactones) is 1. The Morgan fingerprint density at radius 1 is 1.32 bits per heavy atom. The molecule has 1 heterocycles. The third-order valence-electron chi connectivity index (χ3n) is 2.90. The second-order valence-corrected chi connectivity index (χ2v) is 4.50. The zero-order valence-corrected chi connectivity index (χ0v) is 11.4. The van der Waals surface area contributed by atoms with Crippen LogP contribution in [0, 0.1) is 0 Å². The maximum absolute atomic E-state index is 11.5. The Morgan fingerprint density at radius 3 is 2.59 bits per heavy atom. The molecule has 116 valence electrons. The van der Waals surface area contributed by atoms with Gasteiger partial charge >= 0.3 is 11.9 Å². The third kappa shape index (κ3) is 3.64. The first-order valence-corrected chi connectivity index (χ1v) is 6.40. The smallest absolute Gasteiger partial charge is 0.377 e. The lowest BCUT2D eigenvalue weighted by Gasteiger charge is -2.16. The number of esters is 2. The number of carbonyl (C=O) groups is 2. The molecule has 0 bridgehead atoms. The van der Waals surface area contributed by atoms with Crippen molar-refractivity contribution in [2.24, 2.45) is 0 Å². The van der Waals surface area contributed by atoms with Crippen LogP contribution in [0.3, 0.4) is 0 Å². The predicted octanol–water partition coefficient (Wildman–Crippen LogP) is 0.857. The zero-order chi connectivity index (χ0) is 16.1. The van der Waals surface area contributed by atoms with Crippen LogP contribution in [0.2, 0.25) is 0 Å². The first-order chi connectivity index (χ1) is 10.5. The average Bonchev–Trinajstić information content (AvgIpc) is 2.79. The maximum atomic E-state index is 11.5. The molecule has 1 aliphatic heterocycles. The van der Waals surface area contributed by atoms with Crippen LogP contribution in [0.15, 0.2) is 47.9 Å². The van der Waals surface area contributed by atoms with Gasteiger partial charge in [0.05, 0.1) is 0 Å². The van der Waals surface area contributed by atoms with Gasteiger partial charge in [0.15, 0.2) is 11.9 Å². The predicted molar refractivity (Wildman–Crippen MR) is 74.6 cm³/mol. The zero-order valence-electron chi connectivity index (χ0n) is 11.4. The lowest BCUT2D eigenvalue weighted by Crippen LogP contribution is -2.33. The maximum Gasteiger partial charge on any atom is 0.377 e. The molecule has 2 atom stereocenters.